The molecule has 1 atom stereocenters. The molecule has 1 amide bonds. The third kappa shape index (κ3) is 3.61. The zero-order chi connectivity index (χ0) is 16.2. The maximum atomic E-state index is 13.1. The van der Waals surface area contributed by atoms with E-state index >= 15 is 0 Å². The third-order valence-electron chi connectivity index (χ3n) is 4.15. The van der Waals surface area contributed by atoms with Crippen LogP contribution < -0.4 is 0 Å². The molecular weight excluding hydrogens is 306 g/mol. The smallest absolute Gasteiger partial charge is 0.240 e. The fourth-order valence-electron chi connectivity index (χ4n) is 3.08. The number of aryl methyl sites for hydroxylation is 2. The molecule has 4 nitrogen and oxygen atoms in total. The molecule has 0 fully saturated rings. The molecule has 1 aromatic heterocycles. The second-order valence-electron chi connectivity index (χ2n) is 5.98. The van der Waals surface area contributed by atoms with Crippen molar-refractivity contribution >= 4 is 17.7 Å². The molecule has 1 aliphatic rings. The molecule has 0 saturated carbocycles. The summed E-state index contributed by atoms with van der Waals surface area (Å²) in [6.45, 7) is 3.54. The lowest BCUT2D eigenvalue weighted by Gasteiger charge is -2.30. The zero-order valence-electron chi connectivity index (χ0n) is 13.7. The Balaban J connectivity index is 1.81. The maximum absolute atomic E-state index is 13.1. The van der Waals surface area contributed by atoms with E-state index in [0.29, 0.717) is 6.54 Å². The van der Waals surface area contributed by atoms with Crippen LogP contribution in [-0.2, 0) is 24.8 Å². The van der Waals surface area contributed by atoms with Crippen molar-refractivity contribution in [2.24, 2.45) is 7.05 Å². The number of hydrogen-bond acceptors (Lipinski definition) is 3. The Labute approximate surface area is 141 Å². The van der Waals surface area contributed by atoms with Crippen molar-refractivity contribution in [1.82, 2.24) is 14.7 Å². The average molecular weight is 329 g/mol. The molecule has 2 heterocycles. The zero-order valence-corrected chi connectivity index (χ0v) is 14.6. The topological polar surface area (TPSA) is 38.1 Å². The molecule has 0 bridgehead atoms. The van der Waals surface area contributed by atoms with Crippen LogP contribution >= 0.6 is 11.8 Å². The molecule has 0 spiro atoms. The van der Waals surface area contributed by atoms with Gasteiger partial charge in [-0.2, -0.15) is 5.10 Å². The predicted molar refractivity (Wildman–Crippen MR) is 94.3 cm³/mol. The minimum absolute atomic E-state index is 0.0665. The molecule has 0 aliphatic carbocycles. The van der Waals surface area contributed by atoms with Crippen LogP contribution in [0.1, 0.15) is 35.3 Å². The summed E-state index contributed by atoms with van der Waals surface area (Å²) in [6.07, 6.45) is 5.85. The summed E-state index contributed by atoms with van der Waals surface area (Å²) < 4.78 is 1.79. The van der Waals surface area contributed by atoms with Gasteiger partial charge < -0.3 is 4.90 Å². The van der Waals surface area contributed by atoms with Gasteiger partial charge in [0.1, 0.15) is 5.25 Å². The van der Waals surface area contributed by atoms with Gasteiger partial charge >= 0.3 is 0 Å². The Bertz CT molecular complexity index is 682. The van der Waals surface area contributed by atoms with Gasteiger partial charge in [-0.1, -0.05) is 31.2 Å². The number of carbonyl (C=O) groups is 1. The van der Waals surface area contributed by atoms with E-state index < -0.39 is 0 Å². The fourth-order valence-corrected chi connectivity index (χ4v) is 4.35. The Kier molecular flexibility index (Phi) is 5.06. The second-order valence-corrected chi connectivity index (χ2v) is 7.19. The first kappa shape index (κ1) is 16.1. The highest BCUT2D eigenvalue weighted by Crippen LogP contribution is 2.38. The molecule has 5 heteroatoms. The highest BCUT2D eigenvalue weighted by atomic mass is 32.2. The van der Waals surface area contributed by atoms with E-state index in [9.17, 15) is 4.79 Å². The third-order valence-corrected chi connectivity index (χ3v) is 5.38. The van der Waals surface area contributed by atoms with Crippen molar-refractivity contribution in [3.05, 3.63) is 53.3 Å². The van der Waals surface area contributed by atoms with E-state index in [2.05, 4.69) is 30.2 Å². The van der Waals surface area contributed by atoms with Crippen LogP contribution in [-0.4, -0.2) is 32.9 Å². The van der Waals surface area contributed by atoms with E-state index in [4.69, 9.17) is 0 Å². The van der Waals surface area contributed by atoms with Crippen molar-refractivity contribution in [3.63, 3.8) is 0 Å². The first-order valence-electron chi connectivity index (χ1n) is 8.14. The average Bonchev–Trinajstić information content (AvgIpc) is 2.98. The highest BCUT2D eigenvalue weighted by molar-refractivity contribution is 8.00. The normalized spacial score (nSPS) is 16.9. The molecule has 3 rings (SSSR count). The van der Waals surface area contributed by atoms with Crippen LogP contribution in [0, 0.1) is 0 Å². The Morgan fingerprint density at radius 3 is 3.00 bits per heavy atom. The van der Waals surface area contributed by atoms with Gasteiger partial charge in [0.15, 0.2) is 0 Å². The minimum Gasteiger partial charge on any atom is -0.337 e. The minimum atomic E-state index is -0.0665. The number of thioether (sulfide) groups is 1. The standard InChI is InChI=1S/C18H23N3OS/c1-3-9-21(13-14-11-19-20(2)12-14)18(22)17-16-7-5-4-6-15(16)8-10-23-17/h4-7,11-12,17H,3,8-10,13H2,1-2H3. The van der Waals surface area contributed by atoms with Crippen LogP contribution in [0.15, 0.2) is 36.7 Å². The van der Waals surface area contributed by atoms with Gasteiger partial charge in [-0.3, -0.25) is 9.48 Å². The largest absolute Gasteiger partial charge is 0.337 e. The summed E-state index contributed by atoms with van der Waals surface area (Å²) in [5.41, 5.74) is 3.60. The molecule has 1 unspecified atom stereocenters. The lowest BCUT2D eigenvalue weighted by Crippen LogP contribution is -2.35. The molecule has 1 aromatic carbocycles. The Morgan fingerprint density at radius 2 is 2.26 bits per heavy atom. The van der Waals surface area contributed by atoms with Crippen molar-refractivity contribution in [3.8, 4) is 0 Å². The van der Waals surface area contributed by atoms with Crippen LogP contribution in [0.25, 0.3) is 0 Å². The molecular formula is C18H23N3OS. The number of hydrogen-bond donors (Lipinski definition) is 0. The van der Waals surface area contributed by atoms with Crippen molar-refractivity contribution in [1.29, 1.82) is 0 Å². The summed E-state index contributed by atoms with van der Waals surface area (Å²) in [7, 11) is 1.91. The number of amides is 1. The van der Waals surface area contributed by atoms with Gasteiger partial charge in [0.25, 0.3) is 0 Å². The van der Waals surface area contributed by atoms with E-state index in [-0.39, 0.29) is 11.2 Å². The summed E-state index contributed by atoms with van der Waals surface area (Å²) in [6, 6.07) is 8.37. The second kappa shape index (κ2) is 7.21. The monoisotopic (exact) mass is 329 g/mol. The first-order valence-corrected chi connectivity index (χ1v) is 9.19. The van der Waals surface area contributed by atoms with Crippen LogP contribution in [0.2, 0.25) is 0 Å². The lowest BCUT2D eigenvalue weighted by molar-refractivity contribution is -0.131. The summed E-state index contributed by atoms with van der Waals surface area (Å²) in [5.74, 6) is 1.24. The quantitative estimate of drug-likeness (QED) is 0.845. The van der Waals surface area contributed by atoms with Crippen LogP contribution in [0.5, 0.6) is 0 Å². The molecule has 23 heavy (non-hydrogen) atoms. The van der Waals surface area contributed by atoms with Gasteiger partial charge in [-0.25, -0.2) is 0 Å². The number of carbonyl (C=O) groups excluding carboxylic acids is 1. The molecule has 0 N–H and O–H groups in total. The van der Waals surface area contributed by atoms with E-state index in [1.165, 1.54) is 11.1 Å². The number of nitrogens with zero attached hydrogens (tertiary/aromatic N) is 3. The van der Waals surface area contributed by atoms with Gasteiger partial charge in [0.05, 0.1) is 6.20 Å². The van der Waals surface area contributed by atoms with Gasteiger partial charge in [0, 0.05) is 31.9 Å². The van der Waals surface area contributed by atoms with E-state index in [1.807, 2.05) is 30.4 Å². The number of aromatic nitrogens is 2. The van der Waals surface area contributed by atoms with E-state index in [0.717, 1.165) is 30.7 Å². The van der Waals surface area contributed by atoms with Crippen LogP contribution in [0.4, 0.5) is 0 Å². The van der Waals surface area contributed by atoms with Crippen molar-refractivity contribution in [2.45, 2.75) is 31.6 Å². The molecule has 2 aromatic rings. The molecule has 122 valence electrons. The SMILES string of the molecule is CCCN(Cc1cnn(C)c1)C(=O)C1SCCc2ccccc21. The van der Waals surface area contributed by atoms with Gasteiger partial charge in [-0.15, -0.1) is 11.8 Å². The summed E-state index contributed by atoms with van der Waals surface area (Å²) >= 11 is 1.77. The maximum Gasteiger partial charge on any atom is 0.240 e. The number of rotatable bonds is 5. The Morgan fingerprint density at radius 1 is 1.43 bits per heavy atom. The van der Waals surface area contributed by atoms with Gasteiger partial charge in [0.2, 0.25) is 5.91 Å². The van der Waals surface area contributed by atoms with E-state index in [1.54, 1.807) is 16.4 Å². The molecule has 0 saturated heterocycles. The van der Waals surface area contributed by atoms with Crippen molar-refractivity contribution < 1.29 is 4.79 Å². The fraction of sp³-hybridized carbons (Fsp3) is 0.444. The summed E-state index contributed by atoms with van der Waals surface area (Å²) in [5, 5.41) is 4.14. The molecule has 0 radical (unpaired) electrons. The lowest BCUT2D eigenvalue weighted by atomic mass is 10.0. The van der Waals surface area contributed by atoms with Gasteiger partial charge in [-0.05, 0) is 29.7 Å². The number of fused-ring (bicyclic) bond motifs is 1. The first-order chi connectivity index (χ1) is 11.2. The number of benzene rings is 1. The predicted octanol–water partition coefficient (Wildman–Crippen LogP) is 3.19. The van der Waals surface area contributed by atoms with Crippen LogP contribution in [0.3, 0.4) is 0 Å². The molecule has 1 aliphatic heterocycles. The highest BCUT2D eigenvalue weighted by Gasteiger charge is 2.30. The van der Waals surface area contributed by atoms with Crippen molar-refractivity contribution in [2.75, 3.05) is 12.3 Å². The summed E-state index contributed by atoms with van der Waals surface area (Å²) in [4.78, 5) is 15.1. The Hall–Kier alpha value is -1.75.